The second kappa shape index (κ2) is 8.84. The van der Waals surface area contributed by atoms with Crippen LogP contribution in [-0.2, 0) is 4.79 Å². The summed E-state index contributed by atoms with van der Waals surface area (Å²) >= 11 is 4.48. The molecule has 1 aromatic heterocycles. The zero-order valence-corrected chi connectivity index (χ0v) is 15.6. The Hall–Kier alpha value is -1.87. The molecule has 0 aliphatic heterocycles. The van der Waals surface area contributed by atoms with Crippen molar-refractivity contribution >= 4 is 39.6 Å². The number of rotatable bonds is 6. The highest BCUT2D eigenvalue weighted by atomic mass is 79.9. The van der Waals surface area contributed by atoms with E-state index < -0.39 is 11.9 Å². The van der Waals surface area contributed by atoms with Gasteiger partial charge in [-0.05, 0) is 34.0 Å². The van der Waals surface area contributed by atoms with E-state index in [1.807, 2.05) is 38.1 Å². The van der Waals surface area contributed by atoms with E-state index in [-0.39, 0.29) is 11.0 Å². The molecule has 0 bridgehead atoms. The van der Waals surface area contributed by atoms with Crippen LogP contribution in [0.5, 0.6) is 0 Å². The van der Waals surface area contributed by atoms with Gasteiger partial charge < -0.3 is 9.73 Å². The molecule has 1 aromatic carbocycles. The molecule has 2 N–H and O–H groups in total. The van der Waals surface area contributed by atoms with Crippen LogP contribution in [-0.4, -0.2) is 34.4 Å². The van der Waals surface area contributed by atoms with E-state index in [1.165, 1.54) is 0 Å². The summed E-state index contributed by atoms with van der Waals surface area (Å²) in [7, 11) is 0. The van der Waals surface area contributed by atoms with Gasteiger partial charge in [0.25, 0.3) is 5.22 Å². The van der Waals surface area contributed by atoms with Gasteiger partial charge in [0.05, 0.1) is 11.3 Å². The predicted molar refractivity (Wildman–Crippen MR) is 94.5 cm³/mol. The normalized spacial score (nSPS) is 10.7. The highest BCUT2D eigenvalue weighted by Gasteiger charge is 2.14. The summed E-state index contributed by atoms with van der Waals surface area (Å²) < 4.78 is 6.35. The first-order chi connectivity index (χ1) is 11.5. The third-order valence-corrected chi connectivity index (χ3v) is 4.27. The molecule has 0 aliphatic rings. The van der Waals surface area contributed by atoms with Crippen molar-refractivity contribution in [2.75, 3.05) is 12.3 Å². The van der Waals surface area contributed by atoms with Crippen molar-refractivity contribution in [3.63, 3.8) is 0 Å². The summed E-state index contributed by atoms with van der Waals surface area (Å²) in [6, 6.07) is 6.95. The lowest BCUT2D eigenvalue weighted by Crippen LogP contribution is -2.41. The molecule has 0 spiro atoms. The minimum Gasteiger partial charge on any atom is -0.411 e. The van der Waals surface area contributed by atoms with Gasteiger partial charge in [-0.25, -0.2) is 4.79 Å². The number of hydrogen-bond acceptors (Lipinski definition) is 6. The van der Waals surface area contributed by atoms with Crippen molar-refractivity contribution in [1.82, 2.24) is 20.8 Å². The number of hydrogen-bond donors (Lipinski definition) is 2. The molecular formula is C15H17BrN4O3S. The van der Waals surface area contributed by atoms with Crippen LogP contribution in [0.2, 0.25) is 0 Å². The Morgan fingerprint density at radius 3 is 2.75 bits per heavy atom. The minimum atomic E-state index is -0.506. The van der Waals surface area contributed by atoms with E-state index in [2.05, 4.69) is 36.8 Å². The maximum atomic E-state index is 11.7. The Bertz CT molecular complexity index is 720. The van der Waals surface area contributed by atoms with E-state index >= 15 is 0 Å². The Morgan fingerprint density at radius 2 is 2.04 bits per heavy atom. The quantitative estimate of drug-likeness (QED) is 0.707. The molecule has 2 rings (SSSR count). The fraction of sp³-hybridized carbons (Fsp3) is 0.333. The Kier molecular flexibility index (Phi) is 6.80. The van der Waals surface area contributed by atoms with E-state index in [1.54, 1.807) is 0 Å². The number of halogens is 1. The summed E-state index contributed by atoms with van der Waals surface area (Å²) in [6.45, 7) is 4.44. The number of aromatic nitrogens is 2. The van der Waals surface area contributed by atoms with Crippen LogP contribution in [0, 0.1) is 5.92 Å². The van der Waals surface area contributed by atoms with Crippen molar-refractivity contribution in [1.29, 1.82) is 0 Å². The maximum Gasteiger partial charge on any atom is 0.321 e. The van der Waals surface area contributed by atoms with E-state index in [4.69, 9.17) is 4.42 Å². The minimum absolute atomic E-state index is 0.00664. The van der Waals surface area contributed by atoms with E-state index in [0.29, 0.717) is 18.4 Å². The molecule has 0 radical (unpaired) electrons. The lowest BCUT2D eigenvalue weighted by atomic mass is 10.2. The number of nitrogens with one attached hydrogen (secondary N) is 2. The van der Waals surface area contributed by atoms with Crippen molar-refractivity contribution in [3.8, 4) is 11.5 Å². The van der Waals surface area contributed by atoms with Crippen LogP contribution in [0.15, 0.2) is 38.4 Å². The number of nitrogens with zero attached hydrogens (tertiary/aromatic N) is 2. The van der Waals surface area contributed by atoms with Crippen molar-refractivity contribution in [2.45, 2.75) is 19.1 Å². The van der Waals surface area contributed by atoms with Gasteiger partial charge in [0.2, 0.25) is 11.8 Å². The molecule has 0 aliphatic carbocycles. The molecule has 3 amide bonds. The van der Waals surface area contributed by atoms with Gasteiger partial charge in [0.15, 0.2) is 0 Å². The summed E-state index contributed by atoms with van der Waals surface area (Å²) in [4.78, 5) is 23.2. The van der Waals surface area contributed by atoms with Crippen molar-refractivity contribution in [3.05, 3.63) is 28.7 Å². The summed E-state index contributed by atoms with van der Waals surface area (Å²) in [5, 5.41) is 13.0. The standard InChI is InChI=1S/C15H17BrN4O3S/c1-9(2)7-17-14(22)18-12(21)8-24-15-20-19-13(23-15)10-5-3-4-6-11(10)16/h3-6,9H,7-8H2,1-2H3,(H2,17,18,21,22). The zero-order valence-electron chi connectivity index (χ0n) is 13.2. The van der Waals surface area contributed by atoms with Gasteiger partial charge in [-0.3, -0.25) is 10.1 Å². The fourth-order valence-corrected chi connectivity index (χ4v) is 2.66. The summed E-state index contributed by atoms with van der Waals surface area (Å²) in [5.41, 5.74) is 0.773. The number of carbonyl (C=O) groups excluding carboxylic acids is 2. The van der Waals surface area contributed by atoms with Crippen LogP contribution in [0.4, 0.5) is 4.79 Å². The predicted octanol–water partition coefficient (Wildman–Crippen LogP) is 3.07. The largest absolute Gasteiger partial charge is 0.411 e. The molecule has 0 fully saturated rings. The highest BCUT2D eigenvalue weighted by Crippen LogP contribution is 2.28. The van der Waals surface area contributed by atoms with E-state index in [0.717, 1.165) is 21.8 Å². The molecule has 7 nitrogen and oxygen atoms in total. The molecule has 128 valence electrons. The Labute approximate surface area is 152 Å². The monoisotopic (exact) mass is 412 g/mol. The topological polar surface area (TPSA) is 97.1 Å². The first-order valence-electron chi connectivity index (χ1n) is 7.24. The lowest BCUT2D eigenvalue weighted by molar-refractivity contribution is -0.117. The van der Waals surface area contributed by atoms with Crippen molar-refractivity contribution < 1.29 is 14.0 Å². The number of benzene rings is 1. The summed E-state index contributed by atoms with van der Waals surface area (Å²) in [5.74, 6) is 0.253. The molecule has 2 aromatic rings. The smallest absolute Gasteiger partial charge is 0.321 e. The first-order valence-corrected chi connectivity index (χ1v) is 9.02. The molecule has 0 unspecified atom stereocenters. The number of amides is 3. The van der Waals surface area contributed by atoms with Gasteiger partial charge in [-0.2, -0.15) is 0 Å². The average molecular weight is 413 g/mol. The molecule has 0 atom stereocenters. The second-order valence-corrected chi connectivity index (χ2v) is 7.07. The third kappa shape index (κ3) is 5.64. The average Bonchev–Trinajstić information content (AvgIpc) is 3.00. The molecule has 9 heteroatoms. The highest BCUT2D eigenvalue weighted by molar-refractivity contribution is 9.10. The van der Waals surface area contributed by atoms with Gasteiger partial charge in [-0.1, -0.05) is 37.7 Å². The first kappa shape index (κ1) is 18.5. The summed E-state index contributed by atoms with van der Waals surface area (Å²) in [6.07, 6.45) is 0. The number of imide groups is 1. The van der Waals surface area contributed by atoms with Gasteiger partial charge in [0.1, 0.15) is 0 Å². The fourth-order valence-electron chi connectivity index (χ4n) is 1.64. The Morgan fingerprint density at radius 1 is 1.29 bits per heavy atom. The number of urea groups is 1. The zero-order chi connectivity index (χ0) is 17.5. The van der Waals surface area contributed by atoms with E-state index in [9.17, 15) is 9.59 Å². The van der Waals surface area contributed by atoms with Crippen LogP contribution in [0.3, 0.4) is 0 Å². The molecule has 0 saturated carbocycles. The maximum absolute atomic E-state index is 11.7. The second-order valence-electron chi connectivity index (χ2n) is 5.29. The number of carbonyl (C=O) groups is 2. The van der Waals surface area contributed by atoms with Gasteiger partial charge in [0, 0.05) is 11.0 Å². The van der Waals surface area contributed by atoms with Gasteiger partial charge >= 0.3 is 6.03 Å². The van der Waals surface area contributed by atoms with Crippen LogP contribution in [0.25, 0.3) is 11.5 Å². The lowest BCUT2D eigenvalue weighted by Gasteiger charge is -2.07. The molecule has 24 heavy (non-hydrogen) atoms. The number of thioether (sulfide) groups is 1. The third-order valence-electron chi connectivity index (χ3n) is 2.76. The molecular weight excluding hydrogens is 396 g/mol. The SMILES string of the molecule is CC(C)CNC(=O)NC(=O)CSc1nnc(-c2ccccc2Br)o1. The van der Waals surface area contributed by atoms with Crippen LogP contribution in [0.1, 0.15) is 13.8 Å². The van der Waals surface area contributed by atoms with Crippen LogP contribution < -0.4 is 10.6 Å². The molecule has 0 saturated heterocycles. The van der Waals surface area contributed by atoms with Crippen LogP contribution >= 0.6 is 27.7 Å². The Balaban J connectivity index is 1.84. The van der Waals surface area contributed by atoms with Gasteiger partial charge in [-0.15, -0.1) is 10.2 Å². The van der Waals surface area contributed by atoms with Crippen molar-refractivity contribution in [2.24, 2.45) is 5.92 Å². The molecule has 1 heterocycles.